The third kappa shape index (κ3) is 7.81. The highest BCUT2D eigenvalue weighted by Crippen LogP contribution is 2.40. The zero-order chi connectivity index (χ0) is 27.8. The Kier molecular flexibility index (Phi) is 10.3. The van der Waals surface area contributed by atoms with Gasteiger partial charge in [-0.2, -0.15) is 0 Å². The quantitative estimate of drug-likeness (QED) is 0.108. The molecule has 3 rings (SSSR count). The van der Waals surface area contributed by atoms with Crippen molar-refractivity contribution < 1.29 is 29.7 Å². The van der Waals surface area contributed by atoms with Crippen LogP contribution in [-0.4, -0.2) is 87.3 Å². The predicted molar refractivity (Wildman–Crippen MR) is 141 cm³/mol. The van der Waals surface area contributed by atoms with Crippen molar-refractivity contribution in [3.8, 4) is 5.75 Å². The largest absolute Gasteiger partial charge is 0.508 e. The van der Waals surface area contributed by atoms with E-state index in [-0.39, 0.29) is 48.5 Å². The maximum absolute atomic E-state index is 14.0. The van der Waals surface area contributed by atoms with Crippen LogP contribution in [0.3, 0.4) is 0 Å². The minimum Gasteiger partial charge on any atom is -0.508 e. The standard InChI is InChI=1S/C26H40N6O6/c1-15(34)30-21(11-16-4-7-19(35)8-5-16)25(38)32-22-13-20(36)9-6-17(22)12-23(32)24(37)31-18(14-33)3-2-10-29-26(27)28/h4-5,7-8,17-18,20-23,33,35-36H,2-3,6,9-14H2,1H3,(H,30,34)(H,31,37)(H4,27,28,29). The Morgan fingerprint density at radius 2 is 1.84 bits per heavy atom. The number of rotatable bonds is 11. The summed E-state index contributed by atoms with van der Waals surface area (Å²) in [5, 5.41) is 35.4. The van der Waals surface area contributed by atoms with Gasteiger partial charge in [0.1, 0.15) is 17.8 Å². The summed E-state index contributed by atoms with van der Waals surface area (Å²) >= 11 is 0. The Bertz CT molecular complexity index is 998. The Hall–Kier alpha value is -3.38. The molecule has 3 amide bonds. The summed E-state index contributed by atoms with van der Waals surface area (Å²) in [6.07, 6.45) is 2.67. The van der Waals surface area contributed by atoms with Crippen LogP contribution in [0, 0.1) is 5.92 Å². The number of nitrogens with one attached hydrogen (secondary N) is 2. The molecule has 1 saturated carbocycles. The average molecular weight is 533 g/mol. The average Bonchev–Trinajstić information content (AvgIpc) is 3.24. The number of aromatic hydroxyl groups is 1. The van der Waals surface area contributed by atoms with Gasteiger partial charge in [-0.25, -0.2) is 0 Å². The van der Waals surface area contributed by atoms with E-state index < -0.39 is 30.1 Å². The molecule has 0 aromatic heterocycles. The Morgan fingerprint density at radius 3 is 2.47 bits per heavy atom. The topological polar surface area (TPSA) is 204 Å². The molecule has 1 heterocycles. The maximum Gasteiger partial charge on any atom is 0.246 e. The van der Waals surface area contributed by atoms with Crippen LogP contribution >= 0.6 is 0 Å². The number of amides is 3. The molecule has 12 nitrogen and oxygen atoms in total. The monoisotopic (exact) mass is 532 g/mol. The zero-order valence-corrected chi connectivity index (χ0v) is 21.8. The summed E-state index contributed by atoms with van der Waals surface area (Å²) in [6.45, 7) is 1.40. The second-order valence-electron chi connectivity index (χ2n) is 10.3. The third-order valence-electron chi connectivity index (χ3n) is 7.33. The number of benzene rings is 1. The van der Waals surface area contributed by atoms with Crippen molar-refractivity contribution in [2.75, 3.05) is 13.2 Å². The summed E-state index contributed by atoms with van der Waals surface area (Å²) in [7, 11) is 0. The number of carbonyl (C=O) groups is 3. The molecule has 0 spiro atoms. The molecule has 1 aromatic rings. The van der Waals surface area contributed by atoms with Crippen molar-refractivity contribution in [2.45, 2.75) is 82.1 Å². The molecule has 6 atom stereocenters. The molecule has 2 aliphatic rings. The van der Waals surface area contributed by atoms with Crippen LogP contribution in [0.4, 0.5) is 0 Å². The van der Waals surface area contributed by atoms with Crippen molar-refractivity contribution in [3.63, 3.8) is 0 Å². The van der Waals surface area contributed by atoms with Crippen LogP contribution in [0.5, 0.6) is 5.75 Å². The van der Waals surface area contributed by atoms with E-state index in [0.717, 1.165) is 5.56 Å². The third-order valence-corrected chi connectivity index (χ3v) is 7.33. The van der Waals surface area contributed by atoms with E-state index in [1.807, 2.05) is 0 Å². The van der Waals surface area contributed by atoms with Gasteiger partial charge < -0.3 is 42.3 Å². The highest BCUT2D eigenvalue weighted by atomic mass is 16.3. The number of aliphatic imine (C=N–C) groups is 1. The van der Waals surface area contributed by atoms with Gasteiger partial charge in [-0.05, 0) is 62.1 Å². The number of phenolic OH excluding ortho intramolecular Hbond substituents is 1. The fourth-order valence-corrected chi connectivity index (χ4v) is 5.53. The second-order valence-corrected chi connectivity index (χ2v) is 10.3. The molecule has 0 radical (unpaired) electrons. The molecule has 9 N–H and O–H groups in total. The fraction of sp³-hybridized carbons (Fsp3) is 0.615. The predicted octanol–water partition coefficient (Wildman–Crippen LogP) is -0.899. The molecule has 1 saturated heterocycles. The first kappa shape index (κ1) is 29.2. The van der Waals surface area contributed by atoms with Crippen LogP contribution in [0.15, 0.2) is 29.3 Å². The van der Waals surface area contributed by atoms with Crippen molar-refractivity contribution in [2.24, 2.45) is 22.4 Å². The molecule has 6 unspecified atom stereocenters. The van der Waals surface area contributed by atoms with Gasteiger partial charge in [0.15, 0.2) is 5.96 Å². The highest BCUT2D eigenvalue weighted by Gasteiger charge is 2.50. The molecule has 0 bridgehead atoms. The lowest BCUT2D eigenvalue weighted by atomic mass is 9.83. The summed E-state index contributed by atoms with van der Waals surface area (Å²) < 4.78 is 0. The molecule has 38 heavy (non-hydrogen) atoms. The van der Waals surface area contributed by atoms with Gasteiger partial charge in [0.2, 0.25) is 17.7 Å². The van der Waals surface area contributed by atoms with E-state index in [1.165, 1.54) is 24.0 Å². The smallest absolute Gasteiger partial charge is 0.246 e. The molecule has 12 heteroatoms. The van der Waals surface area contributed by atoms with Crippen LogP contribution in [0.2, 0.25) is 0 Å². The van der Waals surface area contributed by atoms with Gasteiger partial charge in [-0.15, -0.1) is 0 Å². The zero-order valence-electron chi connectivity index (χ0n) is 21.8. The molecule has 1 aromatic carbocycles. The number of nitrogens with two attached hydrogens (primary N) is 2. The number of aliphatic hydroxyl groups excluding tert-OH is 2. The summed E-state index contributed by atoms with van der Waals surface area (Å²) in [5.41, 5.74) is 11.4. The SMILES string of the molecule is CC(=O)NC(Cc1ccc(O)cc1)C(=O)N1C(C(=O)NC(CO)CCCN=C(N)N)CC2CCC(O)CC21. The Balaban J connectivity index is 1.81. The number of hydrogen-bond acceptors (Lipinski definition) is 7. The number of phenols is 1. The van der Waals surface area contributed by atoms with E-state index in [4.69, 9.17) is 11.5 Å². The maximum atomic E-state index is 14.0. The minimum absolute atomic E-state index is 0.0273. The van der Waals surface area contributed by atoms with Gasteiger partial charge in [0.05, 0.1) is 18.8 Å². The van der Waals surface area contributed by atoms with Crippen LogP contribution < -0.4 is 22.1 Å². The number of likely N-dealkylation sites (tertiary alicyclic amines) is 1. The Morgan fingerprint density at radius 1 is 1.13 bits per heavy atom. The van der Waals surface area contributed by atoms with Crippen molar-refractivity contribution in [1.29, 1.82) is 0 Å². The van der Waals surface area contributed by atoms with Crippen molar-refractivity contribution in [1.82, 2.24) is 15.5 Å². The summed E-state index contributed by atoms with van der Waals surface area (Å²) in [6, 6.07) is 3.75. The summed E-state index contributed by atoms with van der Waals surface area (Å²) in [4.78, 5) is 44.9. The molecule has 1 aliphatic heterocycles. The van der Waals surface area contributed by atoms with Crippen LogP contribution in [0.25, 0.3) is 0 Å². The number of nitrogens with zero attached hydrogens (tertiary/aromatic N) is 2. The first-order valence-electron chi connectivity index (χ1n) is 13.1. The minimum atomic E-state index is -0.932. The van der Waals surface area contributed by atoms with Gasteiger partial charge in [-0.3, -0.25) is 19.4 Å². The van der Waals surface area contributed by atoms with Gasteiger partial charge in [-0.1, -0.05) is 12.1 Å². The lowest BCUT2D eigenvalue weighted by Gasteiger charge is -2.37. The number of hydrogen-bond donors (Lipinski definition) is 7. The van der Waals surface area contributed by atoms with Gasteiger partial charge >= 0.3 is 0 Å². The molecule has 2 fully saturated rings. The van der Waals surface area contributed by atoms with Gasteiger partial charge in [0, 0.05) is 25.9 Å². The van der Waals surface area contributed by atoms with Gasteiger partial charge in [0.25, 0.3) is 0 Å². The summed E-state index contributed by atoms with van der Waals surface area (Å²) in [5.74, 6) is -1.07. The first-order valence-corrected chi connectivity index (χ1v) is 13.1. The number of carbonyl (C=O) groups excluding carboxylic acids is 3. The lowest BCUT2D eigenvalue weighted by Crippen LogP contribution is -2.58. The number of fused-ring (bicyclic) bond motifs is 1. The lowest BCUT2D eigenvalue weighted by molar-refractivity contribution is -0.144. The van der Waals surface area contributed by atoms with E-state index in [2.05, 4.69) is 15.6 Å². The van der Waals surface area contributed by atoms with Crippen molar-refractivity contribution >= 4 is 23.7 Å². The highest BCUT2D eigenvalue weighted by molar-refractivity contribution is 5.93. The van der Waals surface area contributed by atoms with Crippen molar-refractivity contribution in [3.05, 3.63) is 29.8 Å². The van der Waals surface area contributed by atoms with E-state index in [0.29, 0.717) is 45.1 Å². The molecular formula is C26H40N6O6. The first-order chi connectivity index (χ1) is 18.1. The van der Waals surface area contributed by atoms with E-state index in [1.54, 1.807) is 12.1 Å². The molecule has 1 aliphatic carbocycles. The number of guanidine groups is 1. The molecular weight excluding hydrogens is 492 g/mol. The Labute approximate surface area is 222 Å². The van der Waals surface area contributed by atoms with E-state index >= 15 is 0 Å². The number of aliphatic hydroxyl groups is 2. The van der Waals surface area contributed by atoms with E-state index in [9.17, 15) is 29.7 Å². The molecule has 210 valence electrons. The second kappa shape index (κ2) is 13.4. The van der Waals surface area contributed by atoms with Crippen LogP contribution in [0.1, 0.15) is 51.0 Å². The normalized spacial score (nSPS) is 24.1. The van der Waals surface area contributed by atoms with Crippen LogP contribution in [-0.2, 0) is 20.8 Å². The fourth-order valence-electron chi connectivity index (χ4n) is 5.53.